The van der Waals surface area contributed by atoms with E-state index in [0.29, 0.717) is 12.6 Å². The summed E-state index contributed by atoms with van der Waals surface area (Å²) in [6, 6.07) is 0.486. The molecule has 4 nitrogen and oxygen atoms in total. The van der Waals surface area contributed by atoms with Gasteiger partial charge in [0.15, 0.2) is 0 Å². The number of hydrogen-bond acceptors (Lipinski definition) is 2. The standard InChI is InChI=1S/C14H27N3O/c1-3-11-6-8-14(10-15,9-7-11)17(2)13(18)16-12-4-5-12/h11-12H,3-10,15H2,1-2H3,(H,16,18). The fourth-order valence-electron chi connectivity index (χ4n) is 3.01. The molecule has 0 bridgehead atoms. The van der Waals surface area contributed by atoms with Gasteiger partial charge in [-0.1, -0.05) is 13.3 Å². The number of urea groups is 1. The Morgan fingerprint density at radius 2 is 1.94 bits per heavy atom. The molecule has 0 unspecified atom stereocenters. The first kappa shape index (κ1) is 13.7. The summed E-state index contributed by atoms with van der Waals surface area (Å²) in [7, 11) is 1.91. The van der Waals surface area contributed by atoms with Crippen molar-refractivity contribution in [2.75, 3.05) is 13.6 Å². The summed E-state index contributed by atoms with van der Waals surface area (Å²) in [6.07, 6.45) is 8.02. The molecule has 0 radical (unpaired) electrons. The van der Waals surface area contributed by atoms with E-state index in [0.717, 1.165) is 31.6 Å². The molecular weight excluding hydrogens is 226 g/mol. The van der Waals surface area contributed by atoms with Crippen molar-refractivity contribution >= 4 is 6.03 Å². The number of carbonyl (C=O) groups is 1. The predicted octanol–water partition coefficient (Wildman–Crippen LogP) is 2.09. The Morgan fingerprint density at radius 1 is 1.33 bits per heavy atom. The number of nitrogens with zero attached hydrogens (tertiary/aromatic N) is 1. The maximum atomic E-state index is 12.2. The van der Waals surface area contributed by atoms with E-state index in [2.05, 4.69) is 12.2 Å². The zero-order chi connectivity index (χ0) is 13.2. The van der Waals surface area contributed by atoms with E-state index >= 15 is 0 Å². The molecule has 0 aromatic heterocycles. The van der Waals surface area contributed by atoms with Crippen molar-refractivity contribution in [3.05, 3.63) is 0 Å². The van der Waals surface area contributed by atoms with Gasteiger partial charge >= 0.3 is 6.03 Å². The molecule has 0 aliphatic heterocycles. The van der Waals surface area contributed by atoms with Crippen LogP contribution >= 0.6 is 0 Å². The monoisotopic (exact) mass is 253 g/mol. The van der Waals surface area contributed by atoms with E-state index in [1.807, 2.05) is 11.9 Å². The van der Waals surface area contributed by atoms with Gasteiger partial charge in [0.2, 0.25) is 0 Å². The summed E-state index contributed by atoms with van der Waals surface area (Å²) >= 11 is 0. The van der Waals surface area contributed by atoms with Crippen LogP contribution in [0, 0.1) is 5.92 Å². The second kappa shape index (κ2) is 5.47. The molecule has 104 valence electrons. The van der Waals surface area contributed by atoms with E-state index < -0.39 is 0 Å². The van der Waals surface area contributed by atoms with Gasteiger partial charge in [-0.25, -0.2) is 4.79 Å². The highest BCUT2D eigenvalue weighted by Gasteiger charge is 2.40. The van der Waals surface area contributed by atoms with Crippen molar-refractivity contribution in [3.63, 3.8) is 0 Å². The smallest absolute Gasteiger partial charge is 0.317 e. The van der Waals surface area contributed by atoms with Crippen LogP contribution in [0.4, 0.5) is 4.79 Å². The quantitative estimate of drug-likeness (QED) is 0.806. The van der Waals surface area contributed by atoms with Gasteiger partial charge in [-0.05, 0) is 44.4 Å². The molecule has 3 N–H and O–H groups in total. The van der Waals surface area contributed by atoms with Crippen molar-refractivity contribution in [1.29, 1.82) is 0 Å². The Morgan fingerprint density at radius 3 is 2.39 bits per heavy atom. The molecule has 18 heavy (non-hydrogen) atoms. The van der Waals surface area contributed by atoms with Crippen LogP contribution < -0.4 is 11.1 Å². The average molecular weight is 253 g/mol. The van der Waals surface area contributed by atoms with E-state index in [1.165, 1.54) is 19.3 Å². The van der Waals surface area contributed by atoms with Crippen molar-refractivity contribution < 1.29 is 4.79 Å². The molecule has 2 aliphatic rings. The average Bonchev–Trinajstić information content (AvgIpc) is 3.21. The summed E-state index contributed by atoms with van der Waals surface area (Å²) in [4.78, 5) is 14.1. The van der Waals surface area contributed by atoms with Gasteiger partial charge in [0.1, 0.15) is 0 Å². The third-order valence-corrected chi connectivity index (χ3v) is 4.91. The molecule has 0 aromatic rings. The summed E-state index contributed by atoms with van der Waals surface area (Å²) < 4.78 is 0. The van der Waals surface area contributed by atoms with Gasteiger partial charge < -0.3 is 16.0 Å². The highest BCUT2D eigenvalue weighted by Crippen LogP contribution is 2.36. The van der Waals surface area contributed by atoms with Crippen LogP contribution in [0.2, 0.25) is 0 Å². The fraction of sp³-hybridized carbons (Fsp3) is 0.929. The Labute approximate surface area is 110 Å². The fourth-order valence-corrected chi connectivity index (χ4v) is 3.01. The number of nitrogens with two attached hydrogens (primary N) is 1. The summed E-state index contributed by atoms with van der Waals surface area (Å²) in [6.45, 7) is 2.83. The third kappa shape index (κ3) is 2.79. The van der Waals surface area contributed by atoms with Crippen LogP contribution in [0.3, 0.4) is 0 Å². The minimum atomic E-state index is -0.107. The lowest BCUT2D eigenvalue weighted by Crippen LogP contribution is -2.58. The molecule has 4 heteroatoms. The number of nitrogens with one attached hydrogen (secondary N) is 1. The summed E-state index contributed by atoms with van der Waals surface area (Å²) in [5.41, 5.74) is 5.88. The molecule has 0 aromatic carbocycles. The Balaban J connectivity index is 1.95. The van der Waals surface area contributed by atoms with Gasteiger partial charge in [0.05, 0.1) is 5.54 Å². The summed E-state index contributed by atoms with van der Waals surface area (Å²) in [5.74, 6) is 0.824. The van der Waals surface area contributed by atoms with E-state index in [4.69, 9.17) is 5.73 Å². The van der Waals surface area contributed by atoms with E-state index in [-0.39, 0.29) is 11.6 Å². The minimum absolute atomic E-state index is 0.0675. The Bertz CT molecular complexity index is 293. The van der Waals surface area contributed by atoms with Gasteiger partial charge in [-0.2, -0.15) is 0 Å². The van der Waals surface area contributed by atoms with Crippen LogP contribution in [-0.2, 0) is 0 Å². The lowest BCUT2D eigenvalue weighted by Gasteiger charge is -2.45. The zero-order valence-corrected chi connectivity index (χ0v) is 11.7. The highest BCUT2D eigenvalue weighted by atomic mass is 16.2. The topological polar surface area (TPSA) is 58.4 Å². The van der Waals surface area contributed by atoms with Crippen LogP contribution in [0.15, 0.2) is 0 Å². The van der Waals surface area contributed by atoms with Crippen LogP contribution in [-0.4, -0.2) is 36.1 Å². The van der Waals surface area contributed by atoms with Crippen LogP contribution in [0.25, 0.3) is 0 Å². The SMILES string of the molecule is CCC1CCC(CN)(N(C)C(=O)NC2CC2)CC1. The van der Waals surface area contributed by atoms with Crippen molar-refractivity contribution in [3.8, 4) is 0 Å². The van der Waals surface area contributed by atoms with Crippen molar-refractivity contribution in [2.45, 2.75) is 63.5 Å². The first-order valence-corrected chi connectivity index (χ1v) is 7.35. The first-order chi connectivity index (χ1) is 8.61. The van der Waals surface area contributed by atoms with Gasteiger partial charge in [-0.15, -0.1) is 0 Å². The van der Waals surface area contributed by atoms with Gasteiger partial charge in [0, 0.05) is 19.6 Å². The Hall–Kier alpha value is -0.770. The number of hydrogen-bond donors (Lipinski definition) is 2. The van der Waals surface area contributed by atoms with Gasteiger partial charge in [-0.3, -0.25) is 0 Å². The molecule has 0 heterocycles. The molecule has 2 saturated carbocycles. The molecule has 2 amide bonds. The zero-order valence-electron chi connectivity index (χ0n) is 11.7. The second-order valence-electron chi connectivity index (χ2n) is 6.06. The predicted molar refractivity (Wildman–Crippen MR) is 73.4 cm³/mol. The molecule has 0 spiro atoms. The highest BCUT2D eigenvalue weighted by molar-refractivity contribution is 5.75. The maximum Gasteiger partial charge on any atom is 0.317 e. The number of carbonyl (C=O) groups excluding carboxylic acids is 1. The van der Waals surface area contributed by atoms with E-state index in [9.17, 15) is 4.79 Å². The Kier molecular flexibility index (Phi) is 4.15. The van der Waals surface area contributed by atoms with Crippen LogP contribution in [0.1, 0.15) is 51.9 Å². The van der Waals surface area contributed by atoms with E-state index in [1.54, 1.807) is 0 Å². The van der Waals surface area contributed by atoms with Crippen LogP contribution in [0.5, 0.6) is 0 Å². The first-order valence-electron chi connectivity index (χ1n) is 7.35. The normalized spacial score (nSPS) is 32.1. The van der Waals surface area contributed by atoms with Crippen molar-refractivity contribution in [2.24, 2.45) is 11.7 Å². The number of likely N-dealkylation sites (N-methyl/N-ethyl adjacent to an activating group) is 1. The molecule has 0 saturated heterocycles. The van der Waals surface area contributed by atoms with Gasteiger partial charge in [0.25, 0.3) is 0 Å². The molecule has 2 fully saturated rings. The lowest BCUT2D eigenvalue weighted by atomic mass is 9.75. The lowest BCUT2D eigenvalue weighted by molar-refractivity contribution is 0.0859. The molecule has 0 atom stereocenters. The number of amides is 2. The van der Waals surface area contributed by atoms with Crippen molar-refractivity contribution in [1.82, 2.24) is 10.2 Å². The molecule has 2 aliphatic carbocycles. The third-order valence-electron chi connectivity index (χ3n) is 4.91. The number of rotatable bonds is 4. The largest absolute Gasteiger partial charge is 0.335 e. The minimum Gasteiger partial charge on any atom is -0.335 e. The maximum absolute atomic E-state index is 12.2. The molecule has 2 rings (SSSR count). The summed E-state index contributed by atoms with van der Waals surface area (Å²) in [5, 5.41) is 3.07. The second-order valence-corrected chi connectivity index (χ2v) is 6.06. The molecular formula is C14H27N3O.